The second kappa shape index (κ2) is 11.0. The van der Waals surface area contributed by atoms with E-state index in [1.807, 2.05) is 63.2 Å². The maximum Gasteiger partial charge on any atom is 0.261 e. The van der Waals surface area contributed by atoms with Crippen LogP contribution in [-0.2, 0) is 16.1 Å². The lowest BCUT2D eigenvalue weighted by atomic mass is 10.1. The fourth-order valence-corrected chi connectivity index (χ4v) is 4.31. The average Bonchev–Trinajstić information content (AvgIpc) is 3.25. The van der Waals surface area contributed by atoms with E-state index in [1.165, 1.54) is 0 Å². The van der Waals surface area contributed by atoms with E-state index in [-0.39, 0.29) is 24.5 Å². The standard InChI is InChI=1S/C26H34N2O3/c1-4-24(26(30)27-22-12-8-9-13-22)28(17-21-10-6-5-7-11-21)25(29)18-31-23-15-19(2)14-20(3)16-23/h5-7,10-11,14-16,22,24H,4,8-9,12-13,17-18H2,1-3H3,(H,27,30). The van der Waals surface area contributed by atoms with Gasteiger partial charge in [0.2, 0.25) is 5.91 Å². The van der Waals surface area contributed by atoms with E-state index < -0.39 is 6.04 Å². The number of carbonyl (C=O) groups is 2. The Labute approximate surface area is 185 Å². The number of hydrogen-bond donors (Lipinski definition) is 1. The first-order chi connectivity index (χ1) is 15.0. The van der Waals surface area contributed by atoms with Crippen LogP contribution in [0, 0.1) is 13.8 Å². The van der Waals surface area contributed by atoms with E-state index in [0.717, 1.165) is 42.4 Å². The fourth-order valence-electron chi connectivity index (χ4n) is 4.31. The Hall–Kier alpha value is -2.82. The zero-order valence-corrected chi connectivity index (χ0v) is 18.9. The largest absolute Gasteiger partial charge is 0.484 e. The van der Waals surface area contributed by atoms with Gasteiger partial charge in [0, 0.05) is 12.6 Å². The van der Waals surface area contributed by atoms with Crippen molar-refractivity contribution in [3.63, 3.8) is 0 Å². The van der Waals surface area contributed by atoms with Gasteiger partial charge in [0.25, 0.3) is 5.91 Å². The molecule has 1 unspecified atom stereocenters. The molecule has 1 atom stereocenters. The summed E-state index contributed by atoms with van der Waals surface area (Å²) in [4.78, 5) is 28.0. The molecule has 0 heterocycles. The second-order valence-electron chi connectivity index (χ2n) is 8.53. The number of hydrogen-bond acceptors (Lipinski definition) is 3. The quantitative estimate of drug-likeness (QED) is 0.645. The van der Waals surface area contributed by atoms with Gasteiger partial charge >= 0.3 is 0 Å². The summed E-state index contributed by atoms with van der Waals surface area (Å²) >= 11 is 0. The molecule has 1 aliphatic carbocycles. The molecule has 3 rings (SSSR count). The number of carbonyl (C=O) groups excluding carboxylic acids is 2. The molecule has 0 bridgehead atoms. The van der Waals surface area contributed by atoms with Gasteiger partial charge < -0.3 is 15.0 Å². The van der Waals surface area contributed by atoms with Gasteiger partial charge in [-0.1, -0.05) is 56.2 Å². The number of rotatable bonds is 9. The van der Waals surface area contributed by atoms with Gasteiger partial charge in [-0.3, -0.25) is 9.59 Å². The molecule has 1 saturated carbocycles. The first-order valence-corrected chi connectivity index (χ1v) is 11.3. The Bertz CT molecular complexity index is 855. The van der Waals surface area contributed by atoms with Crippen molar-refractivity contribution in [2.45, 2.75) is 71.5 Å². The second-order valence-corrected chi connectivity index (χ2v) is 8.53. The SMILES string of the molecule is CCC(C(=O)NC1CCCC1)N(Cc1ccccc1)C(=O)COc1cc(C)cc(C)c1. The van der Waals surface area contributed by atoms with Crippen LogP contribution in [0.5, 0.6) is 5.75 Å². The minimum absolute atomic E-state index is 0.0647. The molecule has 2 amide bonds. The molecule has 5 heteroatoms. The van der Waals surface area contributed by atoms with Crippen molar-refractivity contribution in [3.05, 3.63) is 65.2 Å². The molecule has 0 radical (unpaired) electrons. The monoisotopic (exact) mass is 422 g/mol. The van der Waals surface area contributed by atoms with E-state index in [2.05, 4.69) is 11.4 Å². The van der Waals surface area contributed by atoms with Crippen molar-refractivity contribution in [1.82, 2.24) is 10.2 Å². The molecule has 1 fully saturated rings. The summed E-state index contributed by atoms with van der Waals surface area (Å²) in [6, 6.07) is 15.4. The molecular formula is C26H34N2O3. The molecule has 31 heavy (non-hydrogen) atoms. The minimum atomic E-state index is -0.517. The van der Waals surface area contributed by atoms with Crippen molar-refractivity contribution in [1.29, 1.82) is 0 Å². The maximum absolute atomic E-state index is 13.3. The summed E-state index contributed by atoms with van der Waals surface area (Å²) in [5.74, 6) is 0.426. The highest BCUT2D eigenvalue weighted by Gasteiger charge is 2.30. The van der Waals surface area contributed by atoms with Crippen molar-refractivity contribution >= 4 is 11.8 Å². The van der Waals surface area contributed by atoms with E-state index in [4.69, 9.17) is 4.74 Å². The van der Waals surface area contributed by atoms with Gasteiger partial charge in [-0.25, -0.2) is 0 Å². The third-order valence-corrected chi connectivity index (χ3v) is 5.84. The molecule has 5 nitrogen and oxygen atoms in total. The van der Waals surface area contributed by atoms with Crippen LogP contribution in [0.15, 0.2) is 48.5 Å². The van der Waals surface area contributed by atoms with Crippen LogP contribution in [0.1, 0.15) is 55.7 Å². The molecule has 0 spiro atoms. The number of amides is 2. The molecule has 1 N–H and O–H groups in total. The first-order valence-electron chi connectivity index (χ1n) is 11.3. The lowest BCUT2D eigenvalue weighted by Gasteiger charge is -2.31. The number of benzene rings is 2. The van der Waals surface area contributed by atoms with Gasteiger partial charge in [0.05, 0.1) is 0 Å². The van der Waals surface area contributed by atoms with Gasteiger partial charge in [0.1, 0.15) is 11.8 Å². The van der Waals surface area contributed by atoms with Crippen LogP contribution in [0.3, 0.4) is 0 Å². The van der Waals surface area contributed by atoms with Crippen molar-refractivity contribution in [2.75, 3.05) is 6.61 Å². The van der Waals surface area contributed by atoms with E-state index in [0.29, 0.717) is 18.7 Å². The maximum atomic E-state index is 13.3. The molecule has 0 saturated heterocycles. The van der Waals surface area contributed by atoms with Gasteiger partial charge in [-0.2, -0.15) is 0 Å². The van der Waals surface area contributed by atoms with Gasteiger partial charge in [-0.05, 0) is 61.9 Å². The Balaban J connectivity index is 1.74. The van der Waals surface area contributed by atoms with Crippen molar-refractivity contribution in [3.8, 4) is 5.75 Å². The molecule has 0 aromatic heterocycles. The molecule has 166 valence electrons. The molecule has 1 aliphatic rings. The Kier molecular flexibility index (Phi) is 8.10. The summed E-state index contributed by atoms with van der Waals surface area (Å²) in [7, 11) is 0. The third-order valence-electron chi connectivity index (χ3n) is 5.84. The lowest BCUT2D eigenvalue weighted by Crippen LogP contribution is -2.52. The number of nitrogens with one attached hydrogen (secondary N) is 1. The number of aryl methyl sites for hydroxylation is 2. The highest BCUT2D eigenvalue weighted by molar-refractivity contribution is 5.88. The van der Waals surface area contributed by atoms with Crippen molar-refractivity contribution in [2.24, 2.45) is 0 Å². The molecular weight excluding hydrogens is 388 g/mol. The van der Waals surface area contributed by atoms with Crippen LogP contribution < -0.4 is 10.1 Å². The van der Waals surface area contributed by atoms with Crippen LogP contribution in [0.4, 0.5) is 0 Å². The number of nitrogens with zero attached hydrogens (tertiary/aromatic N) is 1. The van der Waals surface area contributed by atoms with E-state index in [1.54, 1.807) is 4.90 Å². The van der Waals surface area contributed by atoms with E-state index in [9.17, 15) is 9.59 Å². The lowest BCUT2D eigenvalue weighted by molar-refractivity contribution is -0.143. The van der Waals surface area contributed by atoms with Crippen molar-refractivity contribution < 1.29 is 14.3 Å². The predicted octanol–water partition coefficient (Wildman–Crippen LogP) is 4.55. The predicted molar refractivity (Wildman–Crippen MR) is 123 cm³/mol. The molecule has 0 aliphatic heterocycles. The zero-order valence-electron chi connectivity index (χ0n) is 18.9. The van der Waals surface area contributed by atoms with Gasteiger partial charge in [0.15, 0.2) is 6.61 Å². The normalized spacial score (nSPS) is 14.8. The van der Waals surface area contributed by atoms with Crippen LogP contribution >= 0.6 is 0 Å². The highest BCUT2D eigenvalue weighted by Crippen LogP contribution is 2.20. The Morgan fingerprint density at radius 3 is 2.32 bits per heavy atom. The van der Waals surface area contributed by atoms with Crippen LogP contribution in [0.2, 0.25) is 0 Å². The van der Waals surface area contributed by atoms with Crippen LogP contribution in [-0.4, -0.2) is 35.4 Å². The fraction of sp³-hybridized carbons (Fsp3) is 0.462. The minimum Gasteiger partial charge on any atom is -0.484 e. The Morgan fingerprint density at radius 1 is 1.06 bits per heavy atom. The average molecular weight is 423 g/mol. The smallest absolute Gasteiger partial charge is 0.261 e. The number of ether oxygens (including phenoxy) is 1. The summed E-state index contributed by atoms with van der Waals surface area (Å²) in [6.07, 6.45) is 4.90. The zero-order chi connectivity index (χ0) is 22.2. The molecule has 2 aromatic rings. The molecule has 2 aromatic carbocycles. The van der Waals surface area contributed by atoms with Crippen LogP contribution in [0.25, 0.3) is 0 Å². The summed E-state index contributed by atoms with van der Waals surface area (Å²) in [5, 5.41) is 3.17. The summed E-state index contributed by atoms with van der Waals surface area (Å²) < 4.78 is 5.83. The third kappa shape index (κ3) is 6.58. The summed E-state index contributed by atoms with van der Waals surface area (Å²) in [5.41, 5.74) is 3.17. The highest BCUT2D eigenvalue weighted by atomic mass is 16.5. The Morgan fingerprint density at radius 2 is 1.71 bits per heavy atom. The topological polar surface area (TPSA) is 58.6 Å². The van der Waals surface area contributed by atoms with Gasteiger partial charge in [-0.15, -0.1) is 0 Å². The summed E-state index contributed by atoms with van der Waals surface area (Å²) in [6.45, 7) is 6.25. The first kappa shape index (κ1) is 22.9. The van der Waals surface area contributed by atoms with E-state index >= 15 is 0 Å².